The lowest BCUT2D eigenvalue weighted by molar-refractivity contribution is 0.0591. The molecule has 192 valence electrons. The summed E-state index contributed by atoms with van der Waals surface area (Å²) in [5.74, 6) is -0.817. The number of methoxy groups -OCH3 is 2. The second kappa shape index (κ2) is 16.0. The fraction of sp³-hybridized carbons (Fsp3) is 0.154. The number of hydrogen-bond acceptors (Lipinski definition) is 10. The molecule has 11 heteroatoms. The molecule has 0 aliphatic carbocycles. The lowest BCUT2D eigenvalue weighted by Crippen LogP contribution is -2.04. The van der Waals surface area contributed by atoms with E-state index in [1.54, 1.807) is 36.9 Å². The first-order chi connectivity index (χ1) is 18.0. The SMILES string of the molecule is COC(=O)c1ccc(F)nc1.COC(=O)c1ccc(NCc2cccnc2)nc1.NCc1cccnc1. The van der Waals surface area contributed by atoms with Crippen molar-refractivity contribution < 1.29 is 23.5 Å². The quantitative estimate of drug-likeness (QED) is 0.295. The Bertz CT molecular complexity index is 1210. The highest BCUT2D eigenvalue weighted by Gasteiger charge is 2.05. The zero-order valence-corrected chi connectivity index (χ0v) is 20.4. The highest BCUT2D eigenvalue weighted by atomic mass is 19.1. The summed E-state index contributed by atoms with van der Waals surface area (Å²) in [6.45, 7) is 1.21. The third-order valence-corrected chi connectivity index (χ3v) is 4.49. The van der Waals surface area contributed by atoms with E-state index in [0.29, 0.717) is 24.5 Å². The third kappa shape index (κ3) is 10.6. The molecule has 0 unspecified atom stereocenters. The lowest BCUT2D eigenvalue weighted by Gasteiger charge is -2.05. The van der Waals surface area contributed by atoms with Crippen LogP contribution >= 0.6 is 0 Å². The monoisotopic (exact) mass is 506 g/mol. The average molecular weight is 507 g/mol. The maximum Gasteiger partial charge on any atom is 0.339 e. The predicted octanol–water partition coefficient (Wildman–Crippen LogP) is 3.42. The van der Waals surface area contributed by atoms with E-state index in [1.807, 2.05) is 24.3 Å². The fourth-order valence-electron chi connectivity index (χ4n) is 2.57. The molecule has 0 spiro atoms. The molecule has 4 rings (SSSR count). The van der Waals surface area contributed by atoms with Crippen LogP contribution in [0.4, 0.5) is 10.2 Å². The Balaban J connectivity index is 0.000000215. The van der Waals surface area contributed by atoms with E-state index in [9.17, 15) is 14.0 Å². The highest BCUT2D eigenvalue weighted by molar-refractivity contribution is 5.89. The maximum absolute atomic E-state index is 12.2. The number of nitrogens with zero attached hydrogens (tertiary/aromatic N) is 4. The Morgan fingerprint density at radius 2 is 1.38 bits per heavy atom. The van der Waals surface area contributed by atoms with Gasteiger partial charge in [0.2, 0.25) is 5.95 Å². The van der Waals surface area contributed by atoms with E-state index in [0.717, 1.165) is 23.4 Å². The van der Waals surface area contributed by atoms with Gasteiger partial charge in [0.05, 0.1) is 25.3 Å². The first kappa shape index (κ1) is 28.5. The van der Waals surface area contributed by atoms with Crippen LogP contribution in [-0.4, -0.2) is 46.1 Å². The van der Waals surface area contributed by atoms with Crippen molar-refractivity contribution in [3.63, 3.8) is 0 Å². The Hall–Kier alpha value is -4.77. The number of nitrogens with two attached hydrogens (primary N) is 1. The summed E-state index contributed by atoms with van der Waals surface area (Å²) in [5.41, 5.74) is 8.13. The van der Waals surface area contributed by atoms with Gasteiger partial charge in [-0.2, -0.15) is 4.39 Å². The van der Waals surface area contributed by atoms with Crippen LogP contribution in [0, 0.1) is 5.95 Å². The number of nitrogens with one attached hydrogen (secondary N) is 1. The van der Waals surface area contributed by atoms with Crippen molar-refractivity contribution in [3.05, 3.63) is 114 Å². The summed E-state index contributed by atoms with van der Waals surface area (Å²) in [6.07, 6.45) is 9.63. The second-order valence-electron chi connectivity index (χ2n) is 7.07. The van der Waals surface area contributed by atoms with Gasteiger partial charge in [0, 0.05) is 50.3 Å². The van der Waals surface area contributed by atoms with Crippen LogP contribution in [0.25, 0.3) is 0 Å². The molecule has 0 aromatic carbocycles. The Kier molecular flexibility index (Phi) is 12.3. The fourth-order valence-corrected chi connectivity index (χ4v) is 2.57. The van der Waals surface area contributed by atoms with Crippen LogP contribution in [0.5, 0.6) is 0 Å². The van der Waals surface area contributed by atoms with Crippen molar-refractivity contribution in [2.24, 2.45) is 5.73 Å². The highest BCUT2D eigenvalue weighted by Crippen LogP contribution is 2.08. The van der Waals surface area contributed by atoms with E-state index in [1.165, 1.54) is 26.5 Å². The molecular formula is C26H27FN6O4. The largest absolute Gasteiger partial charge is 0.465 e. The van der Waals surface area contributed by atoms with Crippen LogP contribution in [-0.2, 0) is 22.6 Å². The van der Waals surface area contributed by atoms with Gasteiger partial charge in [-0.05, 0) is 47.5 Å². The number of hydrogen-bond donors (Lipinski definition) is 2. The second-order valence-corrected chi connectivity index (χ2v) is 7.07. The van der Waals surface area contributed by atoms with Crippen molar-refractivity contribution in [3.8, 4) is 0 Å². The van der Waals surface area contributed by atoms with Crippen LogP contribution in [0.2, 0.25) is 0 Å². The molecule has 0 bridgehead atoms. The number of halogens is 1. The molecule has 4 aromatic heterocycles. The predicted molar refractivity (Wildman–Crippen MR) is 135 cm³/mol. The molecule has 10 nitrogen and oxygen atoms in total. The first-order valence-corrected chi connectivity index (χ1v) is 10.9. The zero-order valence-electron chi connectivity index (χ0n) is 20.4. The minimum absolute atomic E-state index is 0.244. The van der Waals surface area contributed by atoms with Gasteiger partial charge in [0.15, 0.2) is 0 Å². The average Bonchev–Trinajstić information content (AvgIpc) is 2.97. The van der Waals surface area contributed by atoms with Crippen molar-refractivity contribution in [1.29, 1.82) is 0 Å². The molecule has 0 saturated heterocycles. The van der Waals surface area contributed by atoms with E-state index < -0.39 is 11.9 Å². The Morgan fingerprint density at radius 1 is 0.811 bits per heavy atom. The topological polar surface area (TPSA) is 142 Å². The van der Waals surface area contributed by atoms with Gasteiger partial charge in [0.1, 0.15) is 5.82 Å². The van der Waals surface area contributed by atoms with E-state index in [4.69, 9.17) is 5.73 Å². The van der Waals surface area contributed by atoms with Gasteiger partial charge >= 0.3 is 11.9 Å². The van der Waals surface area contributed by atoms with E-state index in [-0.39, 0.29) is 11.5 Å². The van der Waals surface area contributed by atoms with Crippen LogP contribution < -0.4 is 11.1 Å². The molecular weight excluding hydrogens is 479 g/mol. The number of carbonyl (C=O) groups excluding carboxylic acids is 2. The van der Waals surface area contributed by atoms with Crippen LogP contribution in [0.1, 0.15) is 31.8 Å². The summed E-state index contributed by atoms with van der Waals surface area (Å²) >= 11 is 0. The summed E-state index contributed by atoms with van der Waals surface area (Å²) in [6, 6.07) is 13.5. The summed E-state index contributed by atoms with van der Waals surface area (Å²) < 4.78 is 21.2. The van der Waals surface area contributed by atoms with Crippen molar-refractivity contribution in [1.82, 2.24) is 19.9 Å². The van der Waals surface area contributed by atoms with Crippen LogP contribution in [0.15, 0.2) is 85.7 Å². The van der Waals surface area contributed by atoms with Gasteiger partial charge in [0.25, 0.3) is 0 Å². The molecule has 3 N–H and O–H groups in total. The molecule has 37 heavy (non-hydrogen) atoms. The zero-order chi connectivity index (χ0) is 26.9. The summed E-state index contributed by atoms with van der Waals surface area (Å²) in [4.78, 5) is 37.3. The molecule has 0 amide bonds. The van der Waals surface area contributed by atoms with Gasteiger partial charge < -0.3 is 20.5 Å². The number of aromatic nitrogens is 4. The number of ether oxygens (including phenoxy) is 2. The number of esters is 2. The molecule has 0 radical (unpaired) electrons. The molecule has 0 fully saturated rings. The van der Waals surface area contributed by atoms with Gasteiger partial charge in [-0.25, -0.2) is 19.6 Å². The van der Waals surface area contributed by atoms with Crippen molar-refractivity contribution in [2.45, 2.75) is 13.1 Å². The number of anilines is 1. The normalized spacial score (nSPS) is 9.51. The Morgan fingerprint density at radius 3 is 1.78 bits per heavy atom. The maximum atomic E-state index is 12.2. The first-order valence-electron chi connectivity index (χ1n) is 10.9. The molecule has 0 atom stereocenters. The number of pyridine rings is 4. The van der Waals surface area contributed by atoms with Gasteiger partial charge in [-0.15, -0.1) is 0 Å². The van der Waals surface area contributed by atoms with Crippen molar-refractivity contribution in [2.75, 3.05) is 19.5 Å². The molecule has 4 aromatic rings. The Labute approximate surface area is 213 Å². The standard InChI is InChI=1S/C13H13N3O2.C7H6FNO2.C6H8N2/c1-18-13(17)11-4-5-12(16-9-11)15-8-10-3-2-6-14-7-10;1-11-7(10)5-2-3-6(8)9-4-5;7-4-6-2-1-3-8-5-6/h2-7,9H,8H2,1H3,(H,15,16);2-4H,1H3;1-3,5H,4,7H2. The lowest BCUT2D eigenvalue weighted by atomic mass is 10.2. The van der Waals surface area contributed by atoms with E-state index in [2.05, 4.69) is 34.7 Å². The summed E-state index contributed by atoms with van der Waals surface area (Å²) in [5, 5.41) is 3.14. The number of rotatable bonds is 6. The number of carbonyl (C=O) groups is 2. The molecule has 0 aliphatic rings. The summed E-state index contributed by atoms with van der Waals surface area (Å²) in [7, 11) is 2.60. The molecule has 0 saturated carbocycles. The smallest absolute Gasteiger partial charge is 0.339 e. The van der Waals surface area contributed by atoms with Crippen LogP contribution in [0.3, 0.4) is 0 Å². The molecule has 4 heterocycles. The third-order valence-electron chi connectivity index (χ3n) is 4.49. The van der Waals surface area contributed by atoms with Gasteiger partial charge in [-0.3, -0.25) is 9.97 Å². The van der Waals surface area contributed by atoms with E-state index >= 15 is 0 Å². The minimum Gasteiger partial charge on any atom is -0.465 e. The van der Waals surface area contributed by atoms with Crippen molar-refractivity contribution >= 4 is 17.8 Å². The minimum atomic E-state index is -0.613. The molecule has 0 aliphatic heterocycles. The van der Waals surface area contributed by atoms with Gasteiger partial charge in [-0.1, -0.05) is 12.1 Å².